The Morgan fingerprint density at radius 3 is 2.32 bits per heavy atom. The molecule has 0 fully saturated rings. The molecule has 1 aliphatic heterocycles. The van der Waals surface area contributed by atoms with Crippen LogP contribution in [0.2, 0.25) is 5.02 Å². The van der Waals surface area contributed by atoms with Gasteiger partial charge in [0.05, 0.1) is 23.9 Å². The van der Waals surface area contributed by atoms with Gasteiger partial charge < -0.3 is 15.0 Å². The highest BCUT2D eigenvalue weighted by Gasteiger charge is 2.13. The molecule has 208 valence electrons. The molecule has 6 heteroatoms. The van der Waals surface area contributed by atoms with Crippen molar-refractivity contribution in [1.29, 1.82) is 0 Å². The number of rotatable bonds is 19. The standard InChI is InChI=1S/C32H45ClN2O2S/c1-2-3-4-5-6-7-8-9-10-11-12-13-21-37-32-28(17-15-19-30(32)33)24-31(36)34-29-18-14-16-27(23-29)25-35-20-22-38-26-35/h14-20,22-23H,2-13,21,24-26H2,1H3,(H,34,36). The zero-order valence-electron chi connectivity index (χ0n) is 23.1. The lowest BCUT2D eigenvalue weighted by Gasteiger charge is -2.16. The molecule has 1 heterocycles. The molecule has 0 spiro atoms. The van der Waals surface area contributed by atoms with E-state index in [2.05, 4.69) is 34.8 Å². The highest BCUT2D eigenvalue weighted by molar-refractivity contribution is 8.02. The molecule has 0 radical (unpaired) electrons. The third-order valence-corrected chi connectivity index (χ3v) is 7.94. The van der Waals surface area contributed by atoms with Crippen molar-refractivity contribution in [3.63, 3.8) is 0 Å². The summed E-state index contributed by atoms with van der Waals surface area (Å²) in [6, 6.07) is 13.7. The fraction of sp³-hybridized carbons (Fsp3) is 0.531. The SMILES string of the molecule is CCCCCCCCCCCCCCOc1c(Cl)cccc1CC(=O)Nc1cccc(CN2C=CSC2)c1. The van der Waals surface area contributed by atoms with Crippen LogP contribution in [0.1, 0.15) is 95.1 Å². The van der Waals surface area contributed by atoms with Gasteiger partial charge >= 0.3 is 0 Å². The van der Waals surface area contributed by atoms with Crippen molar-refractivity contribution in [1.82, 2.24) is 4.90 Å². The number of para-hydroxylation sites is 1. The van der Waals surface area contributed by atoms with Crippen LogP contribution in [0.3, 0.4) is 0 Å². The number of hydrogen-bond acceptors (Lipinski definition) is 4. The molecule has 0 saturated carbocycles. The van der Waals surface area contributed by atoms with E-state index in [-0.39, 0.29) is 12.3 Å². The smallest absolute Gasteiger partial charge is 0.228 e. The molecule has 2 aromatic rings. The molecule has 1 N–H and O–H groups in total. The zero-order chi connectivity index (χ0) is 26.8. The lowest BCUT2D eigenvalue weighted by Crippen LogP contribution is -2.16. The van der Waals surface area contributed by atoms with Crippen LogP contribution in [-0.4, -0.2) is 23.3 Å². The van der Waals surface area contributed by atoms with Crippen molar-refractivity contribution in [2.24, 2.45) is 0 Å². The fourth-order valence-electron chi connectivity index (χ4n) is 4.74. The number of carbonyl (C=O) groups excluding carboxylic acids is 1. The van der Waals surface area contributed by atoms with Gasteiger partial charge in [-0.05, 0) is 35.6 Å². The first-order chi connectivity index (χ1) is 18.7. The van der Waals surface area contributed by atoms with Crippen LogP contribution in [0.25, 0.3) is 0 Å². The molecule has 0 aromatic heterocycles. The summed E-state index contributed by atoms with van der Waals surface area (Å²) in [5.41, 5.74) is 2.80. The van der Waals surface area contributed by atoms with Crippen LogP contribution >= 0.6 is 23.4 Å². The largest absolute Gasteiger partial charge is 0.492 e. The minimum absolute atomic E-state index is 0.0729. The highest BCUT2D eigenvalue weighted by Crippen LogP contribution is 2.30. The summed E-state index contributed by atoms with van der Waals surface area (Å²) in [5, 5.41) is 5.71. The molecule has 1 amide bonds. The Balaban J connectivity index is 1.35. The van der Waals surface area contributed by atoms with E-state index in [1.165, 1.54) is 76.2 Å². The van der Waals surface area contributed by atoms with Gasteiger partial charge in [-0.2, -0.15) is 0 Å². The molecule has 4 nitrogen and oxygen atoms in total. The number of anilines is 1. The summed E-state index contributed by atoms with van der Waals surface area (Å²) < 4.78 is 6.08. The number of ether oxygens (including phenoxy) is 1. The normalized spacial score (nSPS) is 12.7. The van der Waals surface area contributed by atoms with Crippen LogP contribution in [0.4, 0.5) is 5.69 Å². The number of hydrogen-bond donors (Lipinski definition) is 1. The molecule has 0 aliphatic carbocycles. The topological polar surface area (TPSA) is 41.6 Å². The Kier molecular flexibility index (Phi) is 14.6. The van der Waals surface area contributed by atoms with E-state index in [9.17, 15) is 4.79 Å². The van der Waals surface area contributed by atoms with Gasteiger partial charge in [-0.3, -0.25) is 4.79 Å². The van der Waals surface area contributed by atoms with Crippen LogP contribution in [0.15, 0.2) is 54.1 Å². The first kappa shape index (κ1) is 30.4. The lowest BCUT2D eigenvalue weighted by molar-refractivity contribution is -0.115. The number of thioether (sulfide) groups is 1. The molecule has 3 rings (SSSR count). The lowest BCUT2D eigenvalue weighted by atomic mass is 10.1. The highest BCUT2D eigenvalue weighted by atomic mass is 35.5. The minimum Gasteiger partial charge on any atom is -0.492 e. The number of unbranched alkanes of at least 4 members (excludes halogenated alkanes) is 11. The molecule has 0 saturated heterocycles. The maximum absolute atomic E-state index is 12.9. The van der Waals surface area contributed by atoms with E-state index in [0.717, 1.165) is 30.1 Å². The van der Waals surface area contributed by atoms with Crippen molar-refractivity contribution >= 4 is 35.0 Å². The summed E-state index contributed by atoms with van der Waals surface area (Å²) in [6.45, 7) is 3.73. The summed E-state index contributed by atoms with van der Waals surface area (Å²) in [6.07, 6.45) is 18.1. The Bertz CT molecular complexity index is 997. The number of benzene rings is 2. The second kappa shape index (κ2) is 18.2. The maximum atomic E-state index is 12.9. The first-order valence-electron chi connectivity index (χ1n) is 14.5. The van der Waals surface area contributed by atoms with Gasteiger partial charge in [-0.25, -0.2) is 0 Å². The molecular formula is C32H45ClN2O2S. The van der Waals surface area contributed by atoms with Gasteiger partial charge in [0.15, 0.2) is 0 Å². The van der Waals surface area contributed by atoms with Crippen LogP contribution in [-0.2, 0) is 17.8 Å². The van der Waals surface area contributed by atoms with Crippen LogP contribution in [0.5, 0.6) is 5.75 Å². The van der Waals surface area contributed by atoms with E-state index in [0.29, 0.717) is 17.4 Å². The van der Waals surface area contributed by atoms with Gasteiger partial charge in [0.2, 0.25) is 5.91 Å². The predicted octanol–water partition coefficient (Wildman–Crippen LogP) is 9.58. The van der Waals surface area contributed by atoms with Crippen molar-refractivity contribution in [3.8, 4) is 5.75 Å². The van der Waals surface area contributed by atoms with E-state index >= 15 is 0 Å². The average molecular weight is 557 g/mol. The van der Waals surface area contributed by atoms with E-state index in [1.54, 1.807) is 11.8 Å². The fourth-order valence-corrected chi connectivity index (χ4v) is 5.70. The maximum Gasteiger partial charge on any atom is 0.228 e. The Morgan fingerprint density at radius 2 is 1.63 bits per heavy atom. The van der Waals surface area contributed by atoms with E-state index in [1.807, 2.05) is 36.4 Å². The zero-order valence-corrected chi connectivity index (χ0v) is 24.6. The third-order valence-electron chi connectivity index (χ3n) is 6.85. The van der Waals surface area contributed by atoms with Gasteiger partial charge in [0.1, 0.15) is 5.75 Å². The molecule has 2 aromatic carbocycles. The third kappa shape index (κ3) is 11.7. The van der Waals surface area contributed by atoms with Gasteiger partial charge in [0, 0.05) is 24.0 Å². The number of amides is 1. The monoisotopic (exact) mass is 556 g/mol. The number of nitrogens with zero attached hydrogens (tertiary/aromatic N) is 1. The molecular weight excluding hydrogens is 512 g/mol. The Labute approximate surface area is 239 Å². The van der Waals surface area contributed by atoms with Crippen LogP contribution in [0, 0.1) is 0 Å². The Morgan fingerprint density at radius 1 is 0.947 bits per heavy atom. The quantitative estimate of drug-likeness (QED) is 0.175. The minimum atomic E-state index is -0.0729. The number of carbonyl (C=O) groups is 1. The molecule has 1 aliphatic rings. The summed E-state index contributed by atoms with van der Waals surface area (Å²) in [7, 11) is 0. The first-order valence-corrected chi connectivity index (χ1v) is 15.9. The summed E-state index contributed by atoms with van der Waals surface area (Å²) >= 11 is 8.24. The van der Waals surface area contributed by atoms with Crippen LogP contribution < -0.4 is 10.1 Å². The predicted molar refractivity (Wildman–Crippen MR) is 164 cm³/mol. The van der Waals surface area contributed by atoms with Crippen molar-refractivity contribution in [2.75, 3.05) is 17.8 Å². The van der Waals surface area contributed by atoms with Crippen molar-refractivity contribution < 1.29 is 9.53 Å². The summed E-state index contributed by atoms with van der Waals surface area (Å²) in [5.74, 6) is 1.53. The molecule has 0 atom stereocenters. The van der Waals surface area contributed by atoms with Crippen molar-refractivity contribution in [3.05, 3.63) is 70.2 Å². The second-order valence-electron chi connectivity index (χ2n) is 10.2. The molecule has 0 bridgehead atoms. The summed E-state index contributed by atoms with van der Waals surface area (Å²) in [4.78, 5) is 15.1. The molecule has 0 unspecified atom stereocenters. The van der Waals surface area contributed by atoms with Crippen molar-refractivity contribution in [2.45, 2.75) is 96.9 Å². The second-order valence-corrected chi connectivity index (χ2v) is 11.5. The Hall–Kier alpha value is -2.11. The van der Waals surface area contributed by atoms with Gasteiger partial charge in [-0.1, -0.05) is 113 Å². The van der Waals surface area contributed by atoms with Gasteiger partial charge in [0.25, 0.3) is 0 Å². The van der Waals surface area contributed by atoms with E-state index < -0.39 is 0 Å². The van der Waals surface area contributed by atoms with E-state index in [4.69, 9.17) is 16.3 Å². The molecule has 38 heavy (non-hydrogen) atoms. The number of halogens is 1. The van der Waals surface area contributed by atoms with Gasteiger partial charge in [-0.15, -0.1) is 11.8 Å². The number of nitrogens with one attached hydrogen (secondary N) is 1. The average Bonchev–Trinajstić information content (AvgIpc) is 3.41.